The van der Waals surface area contributed by atoms with E-state index in [0.717, 1.165) is 6.42 Å². The van der Waals surface area contributed by atoms with Crippen molar-refractivity contribution in [1.82, 2.24) is 0 Å². The highest BCUT2D eigenvalue weighted by molar-refractivity contribution is 7.00. The van der Waals surface area contributed by atoms with Gasteiger partial charge in [-0.25, -0.2) is 0 Å². The summed E-state index contributed by atoms with van der Waals surface area (Å²) in [6, 6.07) is 31.1. The third-order valence-corrected chi connectivity index (χ3v) is 5.69. The van der Waals surface area contributed by atoms with E-state index >= 15 is 0 Å². The van der Waals surface area contributed by atoms with Crippen LogP contribution < -0.4 is 0 Å². The molecule has 0 unspecified atom stereocenters. The second kappa shape index (κ2) is 6.30. The van der Waals surface area contributed by atoms with Crippen molar-refractivity contribution in [3.05, 3.63) is 96.1 Å². The van der Waals surface area contributed by atoms with E-state index in [1.54, 1.807) is 9.12 Å². The molecule has 1 aliphatic rings. The molecule has 0 atom stereocenters. The molecule has 0 heterocycles. The van der Waals surface area contributed by atoms with Crippen LogP contribution in [-0.4, -0.2) is 0 Å². The van der Waals surface area contributed by atoms with E-state index in [1.807, 2.05) is 0 Å². The lowest BCUT2D eigenvalue weighted by molar-refractivity contribution is 0.607. The van der Waals surface area contributed by atoms with E-state index < -0.39 is 0 Å². The van der Waals surface area contributed by atoms with Crippen molar-refractivity contribution in [3.8, 4) is 11.1 Å². The van der Waals surface area contributed by atoms with Gasteiger partial charge in [0, 0.05) is 0 Å². The highest BCUT2D eigenvalue weighted by atomic mass is 31.0. The maximum Gasteiger partial charge on any atom is 0.138 e. The summed E-state index contributed by atoms with van der Waals surface area (Å²) in [5, 5.41) is 8.25. The molecule has 0 amide bonds. The highest BCUT2D eigenvalue weighted by Crippen LogP contribution is 2.44. The molecule has 1 nitrogen and oxygen atoms in total. The molecule has 2 heteroatoms. The van der Waals surface area contributed by atoms with Crippen LogP contribution in [0.2, 0.25) is 0 Å². The zero-order valence-electron chi connectivity index (χ0n) is 14.7. The van der Waals surface area contributed by atoms with Crippen LogP contribution in [0.15, 0.2) is 84.9 Å². The minimum atomic E-state index is 1.03. The van der Waals surface area contributed by atoms with Gasteiger partial charge in [0.2, 0.25) is 0 Å². The van der Waals surface area contributed by atoms with E-state index in [1.165, 1.54) is 54.6 Å². The van der Waals surface area contributed by atoms with Crippen LogP contribution in [0.4, 0.5) is 0 Å². The molecule has 5 aromatic rings. The quantitative estimate of drug-likeness (QED) is 0.206. The van der Waals surface area contributed by atoms with Crippen LogP contribution in [-0.2, 0) is 11.0 Å². The Kier molecular flexibility index (Phi) is 3.77. The fourth-order valence-electron chi connectivity index (χ4n) is 4.63. The summed E-state index contributed by atoms with van der Waals surface area (Å²) in [4.78, 5) is 0. The van der Waals surface area contributed by atoms with Crippen molar-refractivity contribution < 1.29 is 4.57 Å². The second-order valence-corrected chi connectivity index (χ2v) is 6.94. The standard InChI is InChI=1S/C25H16.HOP/c1-2-8-17-16(7-1)15-24-21(17)13-14-23-20-11-4-3-9-18(20)19-10-5-6-12-22(19)25(23)24;1-2/h1-14H,15H2;2H. The van der Waals surface area contributed by atoms with Gasteiger partial charge in [-0.3, -0.25) is 4.57 Å². The normalized spacial score (nSPS) is 11.9. The summed E-state index contributed by atoms with van der Waals surface area (Å²) in [5.74, 6) is 0. The summed E-state index contributed by atoms with van der Waals surface area (Å²) >= 11 is 0. The van der Waals surface area contributed by atoms with Crippen LogP contribution in [0.25, 0.3) is 43.4 Å². The monoisotopic (exact) mass is 364 g/mol. The maximum atomic E-state index is 8.06. The van der Waals surface area contributed by atoms with Crippen LogP contribution in [0, 0.1) is 0 Å². The van der Waals surface area contributed by atoms with Gasteiger partial charge in [-0.05, 0) is 61.0 Å². The number of hydrogen-bond acceptors (Lipinski definition) is 1. The van der Waals surface area contributed by atoms with Gasteiger partial charge in [-0.15, -0.1) is 0 Å². The largest absolute Gasteiger partial charge is 0.279 e. The van der Waals surface area contributed by atoms with Crippen LogP contribution >= 0.6 is 9.12 Å². The van der Waals surface area contributed by atoms with E-state index in [9.17, 15) is 0 Å². The van der Waals surface area contributed by atoms with Gasteiger partial charge in [0.25, 0.3) is 0 Å². The van der Waals surface area contributed by atoms with Gasteiger partial charge in [0.1, 0.15) is 9.12 Å². The topological polar surface area (TPSA) is 17.1 Å². The third-order valence-electron chi connectivity index (χ3n) is 5.69. The first kappa shape index (κ1) is 16.2. The fourth-order valence-corrected chi connectivity index (χ4v) is 4.63. The zero-order chi connectivity index (χ0) is 18.4. The first-order valence-electron chi connectivity index (χ1n) is 9.05. The Bertz CT molecular complexity index is 1300. The van der Waals surface area contributed by atoms with Gasteiger partial charge in [-0.1, -0.05) is 84.9 Å². The summed E-state index contributed by atoms with van der Waals surface area (Å²) in [6.07, 6.45) is 1.03. The molecule has 0 saturated heterocycles. The molecule has 0 aliphatic heterocycles. The molecule has 6 rings (SSSR count). The SMILES string of the molecule is O=P.c1ccc2c(c1)Cc1c-2ccc2c3ccccc3c3ccccc3c12. The molecule has 0 spiro atoms. The van der Waals surface area contributed by atoms with Crippen molar-refractivity contribution in [3.63, 3.8) is 0 Å². The predicted molar refractivity (Wildman–Crippen MR) is 116 cm³/mol. The zero-order valence-corrected chi connectivity index (χ0v) is 15.7. The van der Waals surface area contributed by atoms with Crippen LogP contribution in [0.1, 0.15) is 11.1 Å². The average molecular weight is 364 g/mol. The Morgan fingerprint density at radius 3 is 1.74 bits per heavy atom. The van der Waals surface area contributed by atoms with Gasteiger partial charge in [0.05, 0.1) is 0 Å². The van der Waals surface area contributed by atoms with Crippen LogP contribution in [0.5, 0.6) is 0 Å². The number of fused-ring (bicyclic) bond motifs is 10. The summed E-state index contributed by atoms with van der Waals surface area (Å²) in [7, 11) is 1.72. The lowest BCUT2D eigenvalue weighted by Gasteiger charge is -2.13. The van der Waals surface area contributed by atoms with Crippen molar-refractivity contribution >= 4 is 41.4 Å². The molecule has 0 aromatic heterocycles. The van der Waals surface area contributed by atoms with E-state index in [-0.39, 0.29) is 0 Å². The van der Waals surface area contributed by atoms with E-state index in [2.05, 4.69) is 84.9 Å². The molecule has 0 bridgehead atoms. The summed E-state index contributed by atoms with van der Waals surface area (Å²) < 4.78 is 8.06. The Labute approximate surface area is 159 Å². The summed E-state index contributed by atoms with van der Waals surface area (Å²) in [5.41, 5.74) is 5.74. The lowest BCUT2D eigenvalue weighted by atomic mass is 9.90. The lowest BCUT2D eigenvalue weighted by Crippen LogP contribution is -1.89. The molecule has 128 valence electrons. The van der Waals surface area contributed by atoms with Gasteiger partial charge < -0.3 is 0 Å². The fraction of sp³-hybridized carbons (Fsp3) is 0.0400. The minimum Gasteiger partial charge on any atom is -0.279 e. The molecular weight excluding hydrogens is 347 g/mol. The Hall–Kier alpha value is -3.02. The molecule has 1 aliphatic carbocycles. The smallest absolute Gasteiger partial charge is 0.138 e. The molecule has 5 aromatic carbocycles. The Morgan fingerprint density at radius 2 is 1.04 bits per heavy atom. The highest BCUT2D eigenvalue weighted by Gasteiger charge is 2.22. The molecule has 0 saturated carbocycles. The molecule has 0 fully saturated rings. The van der Waals surface area contributed by atoms with E-state index in [4.69, 9.17) is 4.57 Å². The van der Waals surface area contributed by atoms with Crippen molar-refractivity contribution in [2.45, 2.75) is 6.42 Å². The summed E-state index contributed by atoms with van der Waals surface area (Å²) in [6.45, 7) is 0. The van der Waals surface area contributed by atoms with Gasteiger partial charge in [-0.2, -0.15) is 0 Å². The number of hydrogen-bond donors (Lipinski definition) is 0. The average Bonchev–Trinajstić information content (AvgIpc) is 3.14. The van der Waals surface area contributed by atoms with Crippen molar-refractivity contribution in [1.29, 1.82) is 0 Å². The third kappa shape index (κ3) is 2.25. The second-order valence-electron chi connectivity index (χ2n) is 6.94. The Balaban J connectivity index is 0.000000777. The van der Waals surface area contributed by atoms with Crippen molar-refractivity contribution in [2.24, 2.45) is 0 Å². The first-order chi connectivity index (χ1) is 13.4. The molecular formula is C25H17OP. The van der Waals surface area contributed by atoms with Gasteiger partial charge >= 0.3 is 0 Å². The molecule has 0 N–H and O–H groups in total. The van der Waals surface area contributed by atoms with Gasteiger partial charge in [0.15, 0.2) is 0 Å². The van der Waals surface area contributed by atoms with E-state index in [0.29, 0.717) is 0 Å². The maximum absolute atomic E-state index is 8.06. The van der Waals surface area contributed by atoms with Crippen LogP contribution in [0.3, 0.4) is 0 Å². The molecule has 27 heavy (non-hydrogen) atoms. The minimum absolute atomic E-state index is 1.03. The number of benzene rings is 5. The molecule has 0 radical (unpaired) electrons. The van der Waals surface area contributed by atoms with Crippen molar-refractivity contribution in [2.75, 3.05) is 0 Å². The Morgan fingerprint density at radius 1 is 0.519 bits per heavy atom. The number of rotatable bonds is 0. The first-order valence-corrected chi connectivity index (χ1v) is 9.46. The predicted octanol–water partition coefficient (Wildman–Crippen LogP) is 7.19.